The fourth-order valence-electron chi connectivity index (χ4n) is 3.18. The quantitative estimate of drug-likeness (QED) is 0.426. The lowest BCUT2D eigenvalue weighted by molar-refractivity contribution is -0.123. The van der Waals surface area contributed by atoms with Crippen LogP contribution in [0.25, 0.3) is 0 Å². The van der Waals surface area contributed by atoms with Gasteiger partial charge in [0.05, 0.1) is 12.6 Å². The number of nitrogens with zero attached hydrogens (tertiary/aromatic N) is 2. The number of carbonyl (C=O) groups is 2. The van der Waals surface area contributed by atoms with Crippen LogP contribution in [0.5, 0.6) is 0 Å². The van der Waals surface area contributed by atoms with Crippen molar-refractivity contribution in [2.45, 2.75) is 67.0 Å². The van der Waals surface area contributed by atoms with Crippen LogP contribution in [0.1, 0.15) is 54.4 Å². The molecule has 0 saturated carbocycles. The molecule has 0 aromatic carbocycles. The van der Waals surface area contributed by atoms with E-state index in [-0.39, 0.29) is 30.5 Å². The Bertz CT molecular complexity index is 866. The monoisotopic (exact) mass is 424 g/mol. The molecule has 1 rings (SSSR count). The van der Waals surface area contributed by atoms with E-state index in [1.807, 2.05) is 41.5 Å². The summed E-state index contributed by atoms with van der Waals surface area (Å²) in [4.78, 5) is 53.2. The number of hydrogen-bond acceptors (Lipinski definition) is 6. The maximum atomic E-state index is 13.0. The van der Waals surface area contributed by atoms with Gasteiger partial charge in [0.1, 0.15) is 5.82 Å². The van der Waals surface area contributed by atoms with Crippen molar-refractivity contribution < 1.29 is 9.59 Å². The molecule has 0 spiro atoms. The Morgan fingerprint density at radius 3 is 2.30 bits per heavy atom. The summed E-state index contributed by atoms with van der Waals surface area (Å²) in [7, 11) is 0. The third-order valence-corrected chi connectivity index (χ3v) is 4.68. The fraction of sp³-hybridized carbons (Fsp3) is 0.700. The molecule has 0 radical (unpaired) electrons. The van der Waals surface area contributed by atoms with Gasteiger partial charge in [0.15, 0.2) is 5.69 Å². The third kappa shape index (κ3) is 6.45. The highest BCUT2D eigenvalue weighted by molar-refractivity contribution is 5.97. The smallest absolute Gasteiger partial charge is 0.330 e. The van der Waals surface area contributed by atoms with Crippen LogP contribution in [-0.2, 0) is 16.1 Å². The van der Waals surface area contributed by atoms with E-state index in [4.69, 9.17) is 11.5 Å². The van der Waals surface area contributed by atoms with Gasteiger partial charge in [-0.3, -0.25) is 29.3 Å². The Balaban J connectivity index is 3.33. The van der Waals surface area contributed by atoms with E-state index < -0.39 is 34.5 Å². The van der Waals surface area contributed by atoms with Gasteiger partial charge in [-0.05, 0) is 17.8 Å². The molecular formula is C20H36N6O4. The van der Waals surface area contributed by atoms with E-state index in [0.717, 1.165) is 6.42 Å². The molecule has 0 bridgehead atoms. The minimum atomic E-state index is -0.736. The van der Waals surface area contributed by atoms with Gasteiger partial charge >= 0.3 is 5.69 Å². The number of unbranched alkanes of at least 4 members (excludes halogenated alkanes) is 1. The van der Waals surface area contributed by atoms with Crippen LogP contribution in [-0.4, -0.2) is 40.5 Å². The van der Waals surface area contributed by atoms with Crippen molar-refractivity contribution in [3.05, 3.63) is 20.8 Å². The molecule has 10 heteroatoms. The predicted molar refractivity (Wildman–Crippen MR) is 118 cm³/mol. The Labute approximate surface area is 177 Å². The minimum Gasteiger partial charge on any atom is -0.383 e. The number of amides is 2. The average molecular weight is 425 g/mol. The van der Waals surface area contributed by atoms with Crippen LogP contribution in [0, 0.1) is 11.3 Å². The molecular weight excluding hydrogens is 388 g/mol. The summed E-state index contributed by atoms with van der Waals surface area (Å²) in [6.45, 7) is 11.6. The number of nitrogens with one attached hydrogen (secondary N) is 2. The molecule has 0 aliphatic carbocycles. The van der Waals surface area contributed by atoms with Gasteiger partial charge in [-0.2, -0.15) is 0 Å². The number of nitrogens with two attached hydrogens (primary N) is 2. The zero-order valence-corrected chi connectivity index (χ0v) is 18.9. The largest absolute Gasteiger partial charge is 0.383 e. The molecule has 10 nitrogen and oxygen atoms in total. The molecule has 1 heterocycles. The zero-order valence-electron chi connectivity index (χ0n) is 18.9. The topological polar surface area (TPSA) is 156 Å². The first-order chi connectivity index (χ1) is 13.8. The van der Waals surface area contributed by atoms with Crippen molar-refractivity contribution in [3.63, 3.8) is 0 Å². The second-order valence-corrected chi connectivity index (χ2v) is 8.98. The number of aromatic nitrogens is 2. The van der Waals surface area contributed by atoms with Crippen LogP contribution in [0.2, 0.25) is 0 Å². The molecule has 30 heavy (non-hydrogen) atoms. The van der Waals surface area contributed by atoms with Gasteiger partial charge in [0.2, 0.25) is 11.8 Å². The standard InChI is InChI=1S/C20H36N6O4/c1-7-8-9-25(13(27)10-23-15(17(22)28)20(4,5)6)14-16(21)26(11-12(2)3)19(30)24-18(14)29/h12,15,23H,7-11,21H2,1-6H3,(H2,22,28)(H,24,29,30)/t15-/m1/s1. The van der Waals surface area contributed by atoms with E-state index in [2.05, 4.69) is 10.3 Å². The van der Waals surface area contributed by atoms with Crippen LogP contribution in [0.3, 0.4) is 0 Å². The van der Waals surface area contributed by atoms with Crippen molar-refractivity contribution >= 4 is 23.3 Å². The van der Waals surface area contributed by atoms with Crippen molar-refractivity contribution in [1.29, 1.82) is 0 Å². The maximum Gasteiger partial charge on any atom is 0.330 e. The molecule has 2 amide bonds. The van der Waals surface area contributed by atoms with Gasteiger partial charge in [-0.1, -0.05) is 48.0 Å². The molecule has 1 atom stereocenters. The van der Waals surface area contributed by atoms with E-state index in [1.54, 1.807) is 0 Å². The number of nitrogen functional groups attached to an aromatic ring is 1. The Hall–Kier alpha value is -2.62. The summed E-state index contributed by atoms with van der Waals surface area (Å²) in [5.41, 5.74) is 9.76. The molecule has 0 aliphatic rings. The lowest BCUT2D eigenvalue weighted by Crippen LogP contribution is -2.53. The average Bonchev–Trinajstić information content (AvgIpc) is 2.59. The first-order valence-electron chi connectivity index (χ1n) is 10.3. The Morgan fingerprint density at radius 1 is 1.23 bits per heavy atom. The van der Waals surface area contributed by atoms with Gasteiger partial charge in [-0.15, -0.1) is 0 Å². The number of aromatic amines is 1. The lowest BCUT2D eigenvalue weighted by atomic mass is 9.86. The van der Waals surface area contributed by atoms with Crippen molar-refractivity contribution in [2.75, 3.05) is 23.7 Å². The van der Waals surface area contributed by atoms with E-state index in [9.17, 15) is 19.2 Å². The number of H-pyrrole nitrogens is 1. The summed E-state index contributed by atoms with van der Waals surface area (Å²) in [6, 6.07) is -0.736. The third-order valence-electron chi connectivity index (χ3n) is 4.68. The molecule has 0 unspecified atom stereocenters. The second-order valence-electron chi connectivity index (χ2n) is 8.98. The highest BCUT2D eigenvalue weighted by atomic mass is 16.2. The zero-order chi connectivity index (χ0) is 23.2. The Morgan fingerprint density at radius 2 is 1.83 bits per heavy atom. The highest BCUT2D eigenvalue weighted by Crippen LogP contribution is 2.20. The maximum absolute atomic E-state index is 13.0. The van der Waals surface area contributed by atoms with E-state index in [0.29, 0.717) is 13.0 Å². The molecule has 0 saturated heterocycles. The number of carbonyl (C=O) groups excluding carboxylic acids is 2. The van der Waals surface area contributed by atoms with Crippen LogP contribution < -0.4 is 32.9 Å². The number of hydrogen-bond donors (Lipinski definition) is 4. The number of primary amides is 1. The number of rotatable bonds is 10. The second kappa shape index (κ2) is 10.4. The van der Waals surface area contributed by atoms with Crippen molar-refractivity contribution in [2.24, 2.45) is 17.1 Å². The SMILES string of the molecule is CCCCN(C(=O)CN[C@H](C(N)=O)C(C)(C)C)c1c(N)n(CC(C)C)c(=O)[nH]c1=O. The molecule has 170 valence electrons. The van der Waals surface area contributed by atoms with Gasteiger partial charge in [0.25, 0.3) is 5.56 Å². The van der Waals surface area contributed by atoms with Crippen LogP contribution in [0.4, 0.5) is 11.5 Å². The fourth-order valence-corrected chi connectivity index (χ4v) is 3.18. The van der Waals surface area contributed by atoms with Crippen molar-refractivity contribution in [3.8, 4) is 0 Å². The van der Waals surface area contributed by atoms with Gasteiger partial charge < -0.3 is 16.4 Å². The van der Waals surface area contributed by atoms with E-state index >= 15 is 0 Å². The molecule has 6 N–H and O–H groups in total. The lowest BCUT2D eigenvalue weighted by Gasteiger charge is -2.30. The summed E-state index contributed by atoms with van der Waals surface area (Å²) >= 11 is 0. The number of anilines is 2. The molecule has 0 aliphatic heterocycles. The summed E-state index contributed by atoms with van der Waals surface area (Å²) in [6.07, 6.45) is 1.42. The van der Waals surface area contributed by atoms with Gasteiger partial charge in [-0.25, -0.2) is 4.79 Å². The predicted octanol–water partition coefficient (Wildman–Crippen LogP) is 0.398. The molecule has 1 aromatic heterocycles. The van der Waals surface area contributed by atoms with E-state index in [1.165, 1.54) is 9.47 Å². The van der Waals surface area contributed by atoms with Crippen LogP contribution in [0.15, 0.2) is 9.59 Å². The highest BCUT2D eigenvalue weighted by Gasteiger charge is 2.31. The van der Waals surface area contributed by atoms with Gasteiger partial charge in [0, 0.05) is 13.1 Å². The minimum absolute atomic E-state index is 0.0517. The summed E-state index contributed by atoms with van der Waals surface area (Å²) < 4.78 is 1.27. The molecule has 0 fully saturated rings. The Kier molecular flexibility index (Phi) is 8.83. The molecule has 1 aromatic rings. The first-order valence-corrected chi connectivity index (χ1v) is 10.3. The van der Waals surface area contributed by atoms with Crippen LogP contribution >= 0.6 is 0 Å². The van der Waals surface area contributed by atoms with Crippen molar-refractivity contribution in [1.82, 2.24) is 14.9 Å². The normalized spacial score (nSPS) is 12.8. The summed E-state index contributed by atoms with van der Waals surface area (Å²) in [5, 5.41) is 2.90. The first kappa shape index (κ1) is 25.4. The summed E-state index contributed by atoms with van der Waals surface area (Å²) in [5.74, 6) is -0.957.